The molecule has 9 heteroatoms. The number of para-hydroxylation sites is 1. The molecule has 5 rings (SSSR count). The maximum atomic E-state index is 13.6. The highest BCUT2D eigenvalue weighted by Crippen LogP contribution is 2.39. The van der Waals surface area contributed by atoms with Crippen molar-refractivity contribution in [3.05, 3.63) is 134 Å². The summed E-state index contributed by atoms with van der Waals surface area (Å²) in [6.07, 6.45) is 1.80. The standard InChI is InChI=1S/C31H24BrN3O5/c1-2-39-28-19-22(18-27(32)30(28)40-20-21-13-15-25(16-14-21)35(37)38)17-26-29(23-9-5-3-6-10-23)33-34(31(26)36)24-11-7-4-8-12-24/h3-19H,2,20H2,1H3/b26-17-. The minimum atomic E-state index is -0.441. The van der Waals surface area contributed by atoms with E-state index in [9.17, 15) is 14.9 Å². The van der Waals surface area contributed by atoms with Crippen LogP contribution in [0, 0.1) is 10.1 Å². The van der Waals surface area contributed by atoms with Gasteiger partial charge in [-0.05, 0) is 76.5 Å². The first kappa shape index (κ1) is 26.8. The molecule has 0 bridgehead atoms. The van der Waals surface area contributed by atoms with Crippen molar-refractivity contribution in [1.82, 2.24) is 0 Å². The molecule has 200 valence electrons. The van der Waals surface area contributed by atoms with E-state index in [-0.39, 0.29) is 18.2 Å². The van der Waals surface area contributed by atoms with Gasteiger partial charge in [0.1, 0.15) is 12.3 Å². The molecule has 0 fully saturated rings. The van der Waals surface area contributed by atoms with Crippen molar-refractivity contribution in [2.45, 2.75) is 13.5 Å². The molecule has 4 aromatic carbocycles. The molecule has 1 aliphatic heterocycles. The summed E-state index contributed by atoms with van der Waals surface area (Å²) >= 11 is 3.60. The van der Waals surface area contributed by atoms with Gasteiger partial charge in [0.25, 0.3) is 11.6 Å². The Bertz CT molecular complexity index is 1600. The van der Waals surface area contributed by atoms with Crippen LogP contribution in [0.4, 0.5) is 11.4 Å². The number of nitro benzene ring substituents is 1. The van der Waals surface area contributed by atoms with Crippen LogP contribution in [0.5, 0.6) is 11.5 Å². The smallest absolute Gasteiger partial charge is 0.281 e. The Morgan fingerprint density at radius 1 is 0.950 bits per heavy atom. The van der Waals surface area contributed by atoms with E-state index in [2.05, 4.69) is 21.0 Å². The molecule has 4 aromatic rings. The quantitative estimate of drug-likeness (QED) is 0.116. The van der Waals surface area contributed by atoms with E-state index >= 15 is 0 Å². The number of halogens is 1. The second-order valence-electron chi connectivity index (χ2n) is 8.80. The molecule has 0 saturated carbocycles. The summed E-state index contributed by atoms with van der Waals surface area (Å²) in [4.78, 5) is 24.1. The second-order valence-corrected chi connectivity index (χ2v) is 9.65. The Morgan fingerprint density at radius 3 is 2.27 bits per heavy atom. The van der Waals surface area contributed by atoms with Crippen LogP contribution in [-0.4, -0.2) is 23.1 Å². The van der Waals surface area contributed by atoms with Crippen molar-refractivity contribution in [1.29, 1.82) is 0 Å². The van der Waals surface area contributed by atoms with Crippen LogP contribution in [0.15, 0.2) is 112 Å². The van der Waals surface area contributed by atoms with E-state index < -0.39 is 4.92 Å². The van der Waals surface area contributed by atoms with Crippen molar-refractivity contribution in [2.24, 2.45) is 5.10 Å². The maximum absolute atomic E-state index is 13.6. The normalized spacial score (nSPS) is 13.8. The third-order valence-electron chi connectivity index (χ3n) is 6.10. The number of rotatable bonds is 9. The lowest BCUT2D eigenvalue weighted by Gasteiger charge is -2.15. The Kier molecular flexibility index (Phi) is 8.02. The summed E-state index contributed by atoms with van der Waals surface area (Å²) in [6.45, 7) is 2.46. The lowest BCUT2D eigenvalue weighted by Crippen LogP contribution is -2.21. The zero-order chi connectivity index (χ0) is 28.1. The van der Waals surface area contributed by atoms with E-state index in [4.69, 9.17) is 9.47 Å². The van der Waals surface area contributed by atoms with Crippen molar-refractivity contribution in [3.8, 4) is 11.5 Å². The van der Waals surface area contributed by atoms with E-state index in [0.717, 1.165) is 16.7 Å². The minimum Gasteiger partial charge on any atom is -0.490 e. The van der Waals surface area contributed by atoms with E-state index in [1.54, 1.807) is 18.2 Å². The highest BCUT2D eigenvalue weighted by atomic mass is 79.9. The Balaban J connectivity index is 1.48. The number of ether oxygens (including phenoxy) is 2. The first-order valence-electron chi connectivity index (χ1n) is 12.5. The van der Waals surface area contributed by atoms with Crippen molar-refractivity contribution < 1.29 is 19.2 Å². The highest BCUT2D eigenvalue weighted by Gasteiger charge is 2.32. The molecule has 1 aliphatic rings. The van der Waals surface area contributed by atoms with Crippen LogP contribution in [0.2, 0.25) is 0 Å². The van der Waals surface area contributed by atoms with Crippen LogP contribution in [0.1, 0.15) is 23.6 Å². The Morgan fingerprint density at radius 2 is 1.62 bits per heavy atom. The topological polar surface area (TPSA) is 94.3 Å². The molecule has 0 N–H and O–H groups in total. The van der Waals surface area contributed by atoms with Gasteiger partial charge in [0, 0.05) is 17.7 Å². The number of nitro groups is 1. The van der Waals surface area contributed by atoms with Gasteiger partial charge in [-0.1, -0.05) is 48.5 Å². The highest BCUT2D eigenvalue weighted by molar-refractivity contribution is 9.10. The number of amides is 1. The fourth-order valence-corrected chi connectivity index (χ4v) is 4.78. The van der Waals surface area contributed by atoms with E-state index in [1.165, 1.54) is 17.1 Å². The summed E-state index contributed by atoms with van der Waals surface area (Å²) in [6, 6.07) is 28.7. The van der Waals surface area contributed by atoms with Gasteiger partial charge in [0.2, 0.25) is 0 Å². The number of carbonyl (C=O) groups is 1. The number of anilines is 1. The number of nitrogens with zero attached hydrogens (tertiary/aromatic N) is 3. The summed E-state index contributed by atoms with van der Waals surface area (Å²) in [7, 11) is 0. The van der Waals surface area contributed by atoms with Gasteiger partial charge in [-0.2, -0.15) is 10.1 Å². The minimum absolute atomic E-state index is 0.0167. The average Bonchev–Trinajstić information content (AvgIpc) is 3.29. The van der Waals surface area contributed by atoms with Crippen molar-refractivity contribution in [3.63, 3.8) is 0 Å². The summed E-state index contributed by atoms with van der Waals surface area (Å²) in [5.41, 5.74) is 4.03. The molecular weight excluding hydrogens is 574 g/mol. The molecule has 0 aliphatic carbocycles. The van der Waals surface area contributed by atoms with E-state index in [0.29, 0.717) is 39.6 Å². The van der Waals surface area contributed by atoms with Crippen LogP contribution < -0.4 is 14.5 Å². The summed E-state index contributed by atoms with van der Waals surface area (Å²) in [5, 5.41) is 17.0. The van der Waals surface area contributed by atoms with Crippen LogP contribution in [0.25, 0.3) is 6.08 Å². The van der Waals surface area contributed by atoms with Crippen molar-refractivity contribution >= 4 is 45.0 Å². The average molecular weight is 598 g/mol. The third kappa shape index (κ3) is 5.79. The first-order chi connectivity index (χ1) is 19.4. The SMILES string of the molecule is CCOc1cc(/C=C2\C(=O)N(c3ccccc3)N=C2c2ccccc2)cc(Br)c1OCc1ccc([N+](=O)[O-])cc1. The zero-order valence-electron chi connectivity index (χ0n) is 21.5. The fourth-order valence-electron chi connectivity index (χ4n) is 4.21. The van der Waals surface area contributed by atoms with Gasteiger partial charge < -0.3 is 9.47 Å². The van der Waals surface area contributed by atoms with Gasteiger partial charge in [0.05, 0.1) is 27.3 Å². The molecule has 0 radical (unpaired) electrons. The first-order valence-corrected chi connectivity index (χ1v) is 13.3. The third-order valence-corrected chi connectivity index (χ3v) is 6.69. The molecule has 0 spiro atoms. The molecule has 0 unspecified atom stereocenters. The Labute approximate surface area is 239 Å². The number of hydrazone groups is 1. The lowest BCUT2D eigenvalue weighted by molar-refractivity contribution is -0.384. The molecule has 8 nitrogen and oxygen atoms in total. The van der Waals surface area contributed by atoms with Crippen LogP contribution >= 0.6 is 15.9 Å². The van der Waals surface area contributed by atoms with Crippen LogP contribution in [-0.2, 0) is 11.4 Å². The zero-order valence-corrected chi connectivity index (χ0v) is 23.1. The van der Waals surface area contributed by atoms with Gasteiger partial charge in [-0.25, -0.2) is 0 Å². The lowest BCUT2D eigenvalue weighted by atomic mass is 10.00. The number of hydrogen-bond acceptors (Lipinski definition) is 6. The van der Waals surface area contributed by atoms with Crippen LogP contribution in [0.3, 0.4) is 0 Å². The van der Waals surface area contributed by atoms with Gasteiger partial charge >= 0.3 is 0 Å². The number of non-ortho nitro benzene ring substituents is 1. The number of hydrogen-bond donors (Lipinski definition) is 0. The predicted octanol–water partition coefficient (Wildman–Crippen LogP) is 7.17. The number of carbonyl (C=O) groups excluding carboxylic acids is 1. The molecule has 0 atom stereocenters. The molecule has 0 aromatic heterocycles. The van der Waals surface area contributed by atoms with E-state index in [1.807, 2.05) is 79.7 Å². The monoisotopic (exact) mass is 597 g/mol. The number of benzene rings is 4. The predicted molar refractivity (Wildman–Crippen MR) is 158 cm³/mol. The van der Waals surface area contributed by atoms with Gasteiger partial charge in [-0.15, -0.1) is 0 Å². The van der Waals surface area contributed by atoms with Crippen molar-refractivity contribution in [2.75, 3.05) is 11.6 Å². The second kappa shape index (κ2) is 12.0. The van der Waals surface area contributed by atoms with Gasteiger partial charge in [-0.3, -0.25) is 14.9 Å². The Hall–Kier alpha value is -4.76. The maximum Gasteiger partial charge on any atom is 0.281 e. The molecule has 1 amide bonds. The van der Waals surface area contributed by atoms with Gasteiger partial charge in [0.15, 0.2) is 11.5 Å². The molecule has 40 heavy (non-hydrogen) atoms. The summed E-state index contributed by atoms with van der Waals surface area (Å²) < 4.78 is 12.6. The molecular formula is C31H24BrN3O5. The summed E-state index contributed by atoms with van der Waals surface area (Å²) in [5.74, 6) is 0.745. The molecule has 0 saturated heterocycles. The molecule has 1 heterocycles. The fraction of sp³-hybridized carbons (Fsp3) is 0.0968. The largest absolute Gasteiger partial charge is 0.490 e.